The number of hydrogen-bond acceptors (Lipinski definition) is 5. The summed E-state index contributed by atoms with van der Waals surface area (Å²) in [5.74, 6) is -0.491. The summed E-state index contributed by atoms with van der Waals surface area (Å²) < 4.78 is 6.01. The number of rotatable bonds is 7. The van der Waals surface area contributed by atoms with E-state index in [9.17, 15) is 14.8 Å². The summed E-state index contributed by atoms with van der Waals surface area (Å²) in [5.41, 5.74) is 1.20. The highest BCUT2D eigenvalue weighted by Crippen LogP contribution is 2.23. The molecular formula is C19H29BN2O4. The number of benzene rings is 1. The van der Waals surface area contributed by atoms with E-state index in [-0.39, 0.29) is 18.6 Å². The third-order valence-electron chi connectivity index (χ3n) is 5.51. The molecule has 0 aromatic heterocycles. The highest BCUT2D eigenvalue weighted by atomic mass is 16.5. The molecule has 1 aromatic rings. The molecule has 2 fully saturated rings. The van der Waals surface area contributed by atoms with Gasteiger partial charge in [0.1, 0.15) is 0 Å². The largest absolute Gasteiger partial charge is 0.475 e. The lowest BCUT2D eigenvalue weighted by Crippen LogP contribution is -2.49. The average molecular weight is 360 g/mol. The standard InChI is InChI=1S/C19H29BN2O4/c23-19(22-12-4-7-18(22)20(24)25)13-21-16-8-10-17(11-9-16)26-14-15-5-2-1-3-6-15/h1-3,5-6,16-18,21,24-25H,4,7-14H2/t16?,17?,18-/m0/s1. The molecule has 0 bridgehead atoms. The third-order valence-corrected chi connectivity index (χ3v) is 5.51. The number of ether oxygens (including phenoxy) is 1. The van der Waals surface area contributed by atoms with Gasteiger partial charge in [-0.25, -0.2) is 0 Å². The van der Waals surface area contributed by atoms with E-state index in [0.29, 0.717) is 25.6 Å². The van der Waals surface area contributed by atoms with E-state index >= 15 is 0 Å². The van der Waals surface area contributed by atoms with Gasteiger partial charge in [-0.15, -0.1) is 0 Å². The molecule has 1 heterocycles. The molecular weight excluding hydrogens is 331 g/mol. The Hall–Kier alpha value is -1.41. The van der Waals surface area contributed by atoms with Crippen LogP contribution in [0.2, 0.25) is 0 Å². The zero-order chi connectivity index (χ0) is 18.4. The minimum Gasteiger partial charge on any atom is -0.426 e. The molecule has 0 radical (unpaired) electrons. The predicted octanol–water partition coefficient (Wildman–Crippen LogP) is 1.11. The Balaban J connectivity index is 1.34. The molecule has 1 aromatic carbocycles. The van der Waals surface area contributed by atoms with E-state index in [2.05, 4.69) is 17.4 Å². The van der Waals surface area contributed by atoms with Gasteiger partial charge in [0.05, 0.1) is 25.2 Å². The zero-order valence-electron chi connectivity index (χ0n) is 15.2. The Morgan fingerprint density at radius 3 is 2.58 bits per heavy atom. The lowest BCUT2D eigenvalue weighted by molar-refractivity contribution is -0.130. The van der Waals surface area contributed by atoms with E-state index in [4.69, 9.17) is 4.74 Å². The van der Waals surface area contributed by atoms with E-state index in [0.717, 1.165) is 32.1 Å². The van der Waals surface area contributed by atoms with Gasteiger partial charge < -0.3 is 25.0 Å². The van der Waals surface area contributed by atoms with E-state index in [1.54, 1.807) is 4.90 Å². The van der Waals surface area contributed by atoms with Gasteiger partial charge in [0.2, 0.25) is 5.91 Å². The summed E-state index contributed by atoms with van der Waals surface area (Å²) in [6.07, 6.45) is 5.78. The third kappa shape index (κ3) is 5.30. The SMILES string of the molecule is O=C(CNC1CCC(OCc2ccccc2)CC1)N1CCC[C@H]1B(O)O. The molecule has 1 amide bonds. The van der Waals surface area contributed by atoms with Crippen LogP contribution < -0.4 is 5.32 Å². The lowest BCUT2D eigenvalue weighted by Gasteiger charge is -2.30. The Morgan fingerprint density at radius 1 is 1.15 bits per heavy atom. The minimum absolute atomic E-state index is 0.0388. The van der Waals surface area contributed by atoms with Crippen LogP contribution in [-0.4, -0.2) is 59.2 Å². The van der Waals surface area contributed by atoms with Crippen molar-refractivity contribution in [3.8, 4) is 0 Å². The van der Waals surface area contributed by atoms with E-state index in [1.165, 1.54) is 5.56 Å². The van der Waals surface area contributed by atoms with Crippen LogP contribution in [0.25, 0.3) is 0 Å². The van der Waals surface area contributed by atoms with Crippen LogP contribution in [0.5, 0.6) is 0 Å². The molecule has 142 valence electrons. The highest BCUT2D eigenvalue weighted by Gasteiger charge is 2.36. The second kappa shape index (κ2) is 9.51. The van der Waals surface area contributed by atoms with Gasteiger partial charge >= 0.3 is 7.12 Å². The van der Waals surface area contributed by atoms with Crippen LogP contribution in [0.1, 0.15) is 44.1 Å². The molecule has 3 N–H and O–H groups in total. The number of likely N-dealkylation sites (tertiary alicyclic amines) is 1. The zero-order valence-corrected chi connectivity index (χ0v) is 15.2. The summed E-state index contributed by atoms with van der Waals surface area (Å²) >= 11 is 0. The van der Waals surface area contributed by atoms with Gasteiger partial charge in [-0.3, -0.25) is 4.79 Å². The summed E-state index contributed by atoms with van der Waals surface area (Å²) in [6.45, 7) is 1.54. The molecule has 1 saturated heterocycles. The molecule has 1 aliphatic carbocycles. The van der Waals surface area contributed by atoms with Crippen molar-refractivity contribution >= 4 is 13.0 Å². The van der Waals surface area contributed by atoms with Gasteiger partial charge in [0, 0.05) is 12.6 Å². The fraction of sp³-hybridized carbons (Fsp3) is 0.632. The van der Waals surface area contributed by atoms with Crippen LogP contribution in [0.15, 0.2) is 30.3 Å². The van der Waals surface area contributed by atoms with Gasteiger partial charge in [-0.2, -0.15) is 0 Å². The second-order valence-electron chi connectivity index (χ2n) is 7.36. The smallest absolute Gasteiger partial charge is 0.426 e. The number of hydrogen-bond donors (Lipinski definition) is 3. The van der Waals surface area contributed by atoms with Crippen LogP contribution in [0.4, 0.5) is 0 Å². The summed E-state index contributed by atoms with van der Waals surface area (Å²) in [7, 11) is -1.45. The first-order chi connectivity index (χ1) is 12.6. The minimum atomic E-state index is -1.45. The first kappa shape index (κ1) is 19.4. The number of amides is 1. The van der Waals surface area contributed by atoms with Crippen molar-refractivity contribution in [3.05, 3.63) is 35.9 Å². The molecule has 1 saturated carbocycles. The Labute approximate surface area is 155 Å². The molecule has 0 unspecified atom stereocenters. The summed E-state index contributed by atoms with van der Waals surface area (Å²) in [5, 5.41) is 22.1. The second-order valence-corrected chi connectivity index (χ2v) is 7.36. The number of nitrogens with one attached hydrogen (secondary N) is 1. The number of nitrogens with zero attached hydrogens (tertiary/aromatic N) is 1. The van der Waals surface area contributed by atoms with E-state index < -0.39 is 13.1 Å². The van der Waals surface area contributed by atoms with Crippen molar-refractivity contribution in [2.75, 3.05) is 13.1 Å². The molecule has 2 aliphatic rings. The fourth-order valence-electron chi connectivity index (χ4n) is 3.97. The van der Waals surface area contributed by atoms with Crippen molar-refractivity contribution in [3.63, 3.8) is 0 Å². The maximum atomic E-state index is 12.3. The molecule has 7 heteroatoms. The Kier molecular flexibility index (Phi) is 7.08. The van der Waals surface area contributed by atoms with Crippen LogP contribution >= 0.6 is 0 Å². The Morgan fingerprint density at radius 2 is 1.88 bits per heavy atom. The quantitative estimate of drug-likeness (QED) is 0.635. The monoisotopic (exact) mass is 360 g/mol. The normalized spacial score (nSPS) is 26.1. The van der Waals surface area contributed by atoms with Crippen molar-refractivity contribution in [2.45, 2.75) is 63.2 Å². The van der Waals surface area contributed by atoms with Gasteiger partial charge in [-0.1, -0.05) is 30.3 Å². The Bertz CT molecular complexity index is 564. The molecule has 0 spiro atoms. The van der Waals surface area contributed by atoms with Crippen molar-refractivity contribution in [1.29, 1.82) is 0 Å². The first-order valence-electron chi connectivity index (χ1n) is 9.68. The predicted molar refractivity (Wildman–Crippen MR) is 100 cm³/mol. The van der Waals surface area contributed by atoms with Crippen LogP contribution in [0, 0.1) is 0 Å². The highest BCUT2D eigenvalue weighted by molar-refractivity contribution is 6.43. The summed E-state index contributed by atoms with van der Waals surface area (Å²) in [4.78, 5) is 13.9. The van der Waals surface area contributed by atoms with Crippen molar-refractivity contribution < 1.29 is 19.6 Å². The molecule has 6 nitrogen and oxygen atoms in total. The van der Waals surface area contributed by atoms with Crippen molar-refractivity contribution in [1.82, 2.24) is 10.2 Å². The molecule has 3 rings (SSSR count). The van der Waals surface area contributed by atoms with Crippen LogP contribution in [-0.2, 0) is 16.1 Å². The van der Waals surface area contributed by atoms with Gasteiger partial charge in [0.25, 0.3) is 0 Å². The van der Waals surface area contributed by atoms with E-state index in [1.807, 2.05) is 18.2 Å². The van der Waals surface area contributed by atoms with Crippen LogP contribution in [0.3, 0.4) is 0 Å². The van der Waals surface area contributed by atoms with Gasteiger partial charge in [0.15, 0.2) is 0 Å². The van der Waals surface area contributed by atoms with Gasteiger partial charge in [-0.05, 0) is 44.1 Å². The first-order valence-corrected chi connectivity index (χ1v) is 9.68. The maximum absolute atomic E-state index is 12.3. The fourth-order valence-corrected chi connectivity index (χ4v) is 3.97. The average Bonchev–Trinajstić information content (AvgIpc) is 3.16. The lowest BCUT2D eigenvalue weighted by atomic mass is 9.78. The van der Waals surface area contributed by atoms with Crippen molar-refractivity contribution in [2.24, 2.45) is 0 Å². The summed E-state index contributed by atoms with van der Waals surface area (Å²) in [6, 6.07) is 10.5. The maximum Gasteiger partial charge on any atom is 0.475 e. The topological polar surface area (TPSA) is 82.0 Å². The molecule has 1 aliphatic heterocycles. The number of carbonyl (C=O) groups excluding carboxylic acids is 1. The number of carbonyl (C=O) groups is 1. The molecule has 26 heavy (non-hydrogen) atoms. The molecule has 1 atom stereocenters.